The molecule has 142 valence electrons. The van der Waals surface area contributed by atoms with E-state index in [2.05, 4.69) is 32.5 Å². The van der Waals surface area contributed by atoms with Crippen molar-refractivity contribution in [1.82, 2.24) is 19.6 Å². The standard InChI is InChI=1S/C19H21F2N5O/c1-11-8-16(26-18(22-11)24-17(25-26)19(2,20)21)23-14-6-4-12-5-7-15(27-3)10-13(12)9-14/h5,7-8,10,14,23H,4,6,9H2,1-3H3. The lowest BCUT2D eigenvalue weighted by molar-refractivity contribution is 0.00800. The second-order valence-corrected chi connectivity index (χ2v) is 7.04. The number of nitrogens with zero attached hydrogens (tertiary/aromatic N) is 4. The van der Waals surface area contributed by atoms with E-state index in [9.17, 15) is 8.78 Å². The zero-order chi connectivity index (χ0) is 19.2. The van der Waals surface area contributed by atoms with Gasteiger partial charge in [-0.15, -0.1) is 5.10 Å². The topological polar surface area (TPSA) is 64.3 Å². The molecule has 0 saturated carbocycles. The Kier molecular flexibility index (Phi) is 4.20. The molecule has 6 nitrogen and oxygen atoms in total. The van der Waals surface area contributed by atoms with Crippen molar-refractivity contribution >= 4 is 11.6 Å². The van der Waals surface area contributed by atoms with Crippen LogP contribution in [0.15, 0.2) is 24.3 Å². The van der Waals surface area contributed by atoms with E-state index in [0.717, 1.165) is 31.9 Å². The van der Waals surface area contributed by atoms with Gasteiger partial charge < -0.3 is 10.1 Å². The summed E-state index contributed by atoms with van der Waals surface area (Å²) in [7, 11) is 1.66. The molecule has 2 aromatic heterocycles. The van der Waals surface area contributed by atoms with Gasteiger partial charge in [0.1, 0.15) is 11.6 Å². The van der Waals surface area contributed by atoms with Crippen LogP contribution in [0, 0.1) is 6.92 Å². The van der Waals surface area contributed by atoms with Crippen molar-refractivity contribution in [2.75, 3.05) is 12.4 Å². The molecular formula is C19H21F2N5O. The summed E-state index contributed by atoms with van der Waals surface area (Å²) in [4.78, 5) is 8.11. The summed E-state index contributed by atoms with van der Waals surface area (Å²) in [6.07, 6.45) is 2.70. The molecule has 0 saturated heterocycles. The van der Waals surface area contributed by atoms with Gasteiger partial charge in [-0.1, -0.05) is 6.07 Å². The largest absolute Gasteiger partial charge is 0.497 e. The number of aryl methyl sites for hydroxylation is 2. The predicted molar refractivity (Wildman–Crippen MR) is 97.5 cm³/mol. The van der Waals surface area contributed by atoms with Gasteiger partial charge in [-0.3, -0.25) is 0 Å². The van der Waals surface area contributed by atoms with E-state index in [0.29, 0.717) is 11.5 Å². The van der Waals surface area contributed by atoms with Crippen LogP contribution >= 0.6 is 0 Å². The van der Waals surface area contributed by atoms with Crippen molar-refractivity contribution in [1.29, 1.82) is 0 Å². The number of halogens is 2. The summed E-state index contributed by atoms with van der Waals surface area (Å²) >= 11 is 0. The normalized spacial score (nSPS) is 17.0. The summed E-state index contributed by atoms with van der Waals surface area (Å²) in [6, 6.07) is 8.10. The van der Waals surface area contributed by atoms with Crippen molar-refractivity contribution in [3.05, 3.63) is 46.9 Å². The first kappa shape index (κ1) is 17.6. The number of nitrogens with one attached hydrogen (secondary N) is 1. The minimum Gasteiger partial charge on any atom is -0.497 e. The second-order valence-electron chi connectivity index (χ2n) is 7.04. The van der Waals surface area contributed by atoms with E-state index in [1.165, 1.54) is 15.6 Å². The molecule has 8 heteroatoms. The average Bonchev–Trinajstić information content (AvgIpc) is 3.05. The molecule has 4 rings (SSSR count). The Morgan fingerprint density at radius 1 is 1.22 bits per heavy atom. The number of rotatable bonds is 4. The summed E-state index contributed by atoms with van der Waals surface area (Å²) in [6.45, 7) is 2.60. The number of benzene rings is 1. The number of alkyl halides is 2. The Hall–Kier alpha value is -2.77. The number of anilines is 1. The Morgan fingerprint density at radius 3 is 2.78 bits per heavy atom. The van der Waals surface area contributed by atoms with E-state index < -0.39 is 11.7 Å². The molecule has 1 aromatic carbocycles. The van der Waals surface area contributed by atoms with Crippen LogP contribution in [-0.4, -0.2) is 32.7 Å². The highest BCUT2D eigenvalue weighted by Crippen LogP contribution is 2.28. The van der Waals surface area contributed by atoms with Crippen LogP contribution in [0.3, 0.4) is 0 Å². The predicted octanol–water partition coefficient (Wildman–Crippen LogP) is 3.52. The maximum atomic E-state index is 13.6. The van der Waals surface area contributed by atoms with Gasteiger partial charge in [-0.2, -0.15) is 18.3 Å². The Bertz CT molecular complexity index is 996. The lowest BCUT2D eigenvalue weighted by Crippen LogP contribution is -2.28. The van der Waals surface area contributed by atoms with Crippen LogP contribution in [0.5, 0.6) is 5.75 Å². The fraction of sp³-hybridized carbons (Fsp3) is 0.421. The summed E-state index contributed by atoms with van der Waals surface area (Å²) < 4.78 is 33.9. The van der Waals surface area contributed by atoms with Crippen LogP contribution < -0.4 is 10.1 Å². The van der Waals surface area contributed by atoms with Gasteiger partial charge in [0.2, 0.25) is 5.82 Å². The van der Waals surface area contributed by atoms with Gasteiger partial charge in [-0.05, 0) is 49.4 Å². The van der Waals surface area contributed by atoms with Crippen molar-refractivity contribution in [2.24, 2.45) is 0 Å². The van der Waals surface area contributed by atoms with Crippen LogP contribution in [0.25, 0.3) is 5.78 Å². The Morgan fingerprint density at radius 2 is 2.04 bits per heavy atom. The van der Waals surface area contributed by atoms with E-state index >= 15 is 0 Å². The molecule has 0 fully saturated rings. The van der Waals surface area contributed by atoms with Gasteiger partial charge >= 0.3 is 5.92 Å². The quantitative estimate of drug-likeness (QED) is 0.758. The molecular weight excluding hydrogens is 352 g/mol. The first-order valence-corrected chi connectivity index (χ1v) is 8.88. The third-order valence-corrected chi connectivity index (χ3v) is 4.83. The number of hydrogen-bond acceptors (Lipinski definition) is 5. The Labute approximate surface area is 155 Å². The summed E-state index contributed by atoms with van der Waals surface area (Å²) in [5.74, 6) is -2.01. The zero-order valence-electron chi connectivity index (χ0n) is 15.5. The summed E-state index contributed by atoms with van der Waals surface area (Å²) in [5.41, 5.74) is 3.25. The average molecular weight is 373 g/mol. The van der Waals surface area contributed by atoms with Gasteiger partial charge in [0.05, 0.1) is 7.11 Å². The first-order valence-electron chi connectivity index (χ1n) is 8.88. The molecule has 0 aliphatic heterocycles. The minimum absolute atomic E-state index is 0.157. The maximum Gasteiger partial charge on any atom is 0.305 e. The van der Waals surface area contributed by atoms with E-state index in [1.807, 2.05) is 13.0 Å². The smallest absolute Gasteiger partial charge is 0.305 e. The zero-order valence-corrected chi connectivity index (χ0v) is 15.5. The number of fused-ring (bicyclic) bond motifs is 2. The van der Waals surface area contributed by atoms with Crippen molar-refractivity contribution in [3.8, 4) is 5.75 Å². The van der Waals surface area contributed by atoms with Crippen LogP contribution in [0.4, 0.5) is 14.6 Å². The fourth-order valence-electron chi connectivity index (χ4n) is 3.47. The number of methoxy groups -OCH3 is 1. The summed E-state index contributed by atoms with van der Waals surface area (Å²) in [5, 5.41) is 7.42. The molecule has 3 aromatic rings. The first-order chi connectivity index (χ1) is 12.8. The molecule has 0 radical (unpaired) electrons. The molecule has 0 spiro atoms. The molecule has 1 atom stereocenters. The molecule has 1 unspecified atom stereocenters. The molecule has 2 heterocycles. The number of aromatic nitrogens is 4. The van der Waals surface area contributed by atoms with Crippen molar-refractivity contribution in [3.63, 3.8) is 0 Å². The molecule has 0 amide bonds. The lowest BCUT2D eigenvalue weighted by atomic mass is 9.88. The van der Waals surface area contributed by atoms with Crippen molar-refractivity contribution in [2.45, 2.75) is 45.1 Å². The van der Waals surface area contributed by atoms with E-state index in [4.69, 9.17) is 4.74 Å². The van der Waals surface area contributed by atoms with Gasteiger partial charge in [0.25, 0.3) is 5.78 Å². The number of ether oxygens (including phenoxy) is 1. The maximum absolute atomic E-state index is 13.6. The van der Waals surface area contributed by atoms with Crippen LogP contribution in [-0.2, 0) is 18.8 Å². The van der Waals surface area contributed by atoms with Crippen LogP contribution in [0.2, 0.25) is 0 Å². The fourth-order valence-corrected chi connectivity index (χ4v) is 3.47. The van der Waals surface area contributed by atoms with E-state index in [1.54, 1.807) is 13.2 Å². The molecule has 1 N–H and O–H groups in total. The van der Waals surface area contributed by atoms with Gasteiger partial charge in [-0.25, -0.2) is 4.98 Å². The molecule has 1 aliphatic rings. The highest BCUT2D eigenvalue weighted by Gasteiger charge is 2.31. The van der Waals surface area contributed by atoms with Crippen molar-refractivity contribution < 1.29 is 13.5 Å². The highest BCUT2D eigenvalue weighted by atomic mass is 19.3. The van der Waals surface area contributed by atoms with Gasteiger partial charge in [0.15, 0.2) is 0 Å². The monoisotopic (exact) mass is 373 g/mol. The van der Waals surface area contributed by atoms with Gasteiger partial charge in [0, 0.05) is 24.7 Å². The van der Waals surface area contributed by atoms with E-state index in [-0.39, 0.29) is 11.8 Å². The number of hydrogen-bond donors (Lipinski definition) is 1. The Balaban J connectivity index is 1.64. The third kappa shape index (κ3) is 3.43. The minimum atomic E-state index is -3.11. The SMILES string of the molecule is COc1ccc2c(c1)CC(Nc1cc(C)nc3nc(C(C)(F)F)nn13)CC2. The third-order valence-electron chi connectivity index (χ3n) is 4.83. The molecule has 0 bridgehead atoms. The molecule has 27 heavy (non-hydrogen) atoms. The second kappa shape index (κ2) is 6.44. The van der Waals surface area contributed by atoms with Crippen LogP contribution in [0.1, 0.15) is 36.0 Å². The molecule has 1 aliphatic carbocycles. The highest BCUT2D eigenvalue weighted by molar-refractivity contribution is 5.47. The lowest BCUT2D eigenvalue weighted by Gasteiger charge is -2.26.